The van der Waals surface area contributed by atoms with Crippen molar-refractivity contribution in [1.29, 1.82) is 0 Å². The molecule has 0 spiro atoms. The summed E-state index contributed by atoms with van der Waals surface area (Å²) in [5, 5.41) is 10.3. The predicted octanol–water partition coefficient (Wildman–Crippen LogP) is 9.93. The van der Waals surface area contributed by atoms with Gasteiger partial charge < -0.3 is 5.11 Å². The Morgan fingerprint density at radius 1 is 0.674 bits per heavy atom. The Kier molecular flexibility index (Phi) is 13.1. The van der Waals surface area contributed by atoms with E-state index in [0.717, 1.165) is 46.3 Å². The van der Waals surface area contributed by atoms with Gasteiger partial charge in [-0.15, -0.1) is 0 Å². The molecule has 0 aliphatic heterocycles. The van der Waals surface area contributed by atoms with Crippen LogP contribution >= 0.6 is 0 Å². The minimum atomic E-state index is -0.361. The van der Waals surface area contributed by atoms with Crippen molar-refractivity contribution in [2.24, 2.45) is 10.8 Å². The molecule has 2 aliphatic carbocycles. The number of allylic oxidation sites excluding steroid dienone is 21. The smallest absolute Gasteiger partial charge is 0.224 e. The summed E-state index contributed by atoms with van der Waals surface area (Å²) in [7, 11) is 0. The molecule has 3 nitrogen and oxygen atoms in total. The summed E-state index contributed by atoms with van der Waals surface area (Å²) in [5.41, 5.74) is 8.10. The fraction of sp³-hybridized carbons (Fsp3) is 0.400. The van der Waals surface area contributed by atoms with Crippen LogP contribution in [-0.2, 0) is 9.59 Å². The Hall–Kier alpha value is -3.56. The van der Waals surface area contributed by atoms with Crippen LogP contribution in [0.5, 0.6) is 0 Å². The van der Waals surface area contributed by atoms with Crippen LogP contribution in [0.2, 0.25) is 0 Å². The summed E-state index contributed by atoms with van der Waals surface area (Å²) in [6.45, 7) is 20.6. The molecule has 0 saturated heterocycles. The second kappa shape index (κ2) is 15.8. The Morgan fingerprint density at radius 3 is 1.63 bits per heavy atom. The van der Waals surface area contributed by atoms with Crippen LogP contribution in [-0.4, -0.2) is 22.8 Å². The summed E-state index contributed by atoms with van der Waals surface area (Å²) >= 11 is 0. The van der Waals surface area contributed by atoms with Gasteiger partial charge in [0, 0.05) is 12.0 Å². The number of Topliss-reactive ketones (excluding diaryl/α,β-unsaturated/α-hetero) is 2. The normalized spacial score (nSPS) is 23.1. The number of carbonyl (C=O) groups excluding carboxylic acids is 2. The highest BCUT2D eigenvalue weighted by molar-refractivity contribution is 6.44. The molecule has 2 rings (SSSR count). The lowest BCUT2D eigenvalue weighted by Gasteiger charge is -2.35. The molecule has 0 aromatic carbocycles. The number of aliphatic hydroxyl groups excluding tert-OH is 1. The number of rotatable bonds is 10. The summed E-state index contributed by atoms with van der Waals surface area (Å²) in [5.74, 6) is -0.658. The average molecular weight is 581 g/mol. The second-order valence-electron chi connectivity index (χ2n) is 13.3. The zero-order chi connectivity index (χ0) is 32.4. The lowest BCUT2D eigenvalue weighted by molar-refractivity contribution is -0.136. The molecule has 1 N–H and O–H groups in total. The minimum Gasteiger partial charge on any atom is -0.389 e. The number of aliphatic hydroxyl groups is 1. The largest absolute Gasteiger partial charge is 0.389 e. The maximum absolute atomic E-state index is 12.1. The van der Waals surface area contributed by atoms with E-state index < -0.39 is 0 Å². The van der Waals surface area contributed by atoms with Gasteiger partial charge in [0.1, 0.15) is 0 Å². The number of hydrogen-bond acceptors (Lipinski definition) is 3. The molecule has 0 radical (unpaired) electrons. The topological polar surface area (TPSA) is 54.4 Å². The Bertz CT molecular complexity index is 1420. The monoisotopic (exact) mass is 580 g/mol. The van der Waals surface area contributed by atoms with Gasteiger partial charge in [-0.1, -0.05) is 135 Å². The van der Waals surface area contributed by atoms with Crippen molar-refractivity contribution in [3.8, 4) is 0 Å². The fourth-order valence-electron chi connectivity index (χ4n) is 5.46. The molecule has 43 heavy (non-hydrogen) atoms. The number of hydrogen-bond donors (Lipinski definition) is 1. The van der Waals surface area contributed by atoms with Gasteiger partial charge in [-0.3, -0.25) is 9.59 Å². The first-order valence-electron chi connectivity index (χ1n) is 15.3. The third-order valence-corrected chi connectivity index (χ3v) is 8.32. The van der Waals surface area contributed by atoms with E-state index in [1.807, 2.05) is 64.2 Å². The highest BCUT2D eigenvalue weighted by Crippen LogP contribution is 2.41. The van der Waals surface area contributed by atoms with Crippen molar-refractivity contribution >= 4 is 11.6 Å². The molecule has 0 amide bonds. The molecule has 0 fully saturated rings. The van der Waals surface area contributed by atoms with E-state index in [-0.39, 0.29) is 34.9 Å². The van der Waals surface area contributed by atoms with Crippen LogP contribution < -0.4 is 0 Å². The first-order chi connectivity index (χ1) is 20.0. The Balaban J connectivity index is 1.94. The van der Waals surface area contributed by atoms with Gasteiger partial charge in [0.25, 0.3) is 0 Å². The van der Waals surface area contributed by atoms with E-state index in [9.17, 15) is 14.7 Å². The van der Waals surface area contributed by atoms with E-state index in [1.54, 1.807) is 6.92 Å². The molecule has 3 heteroatoms. The SMILES string of the molecule is CC(C=CC=C(C)C=CC1=C(C)C(=O)C(=O)CC1(C)C)=CC=CC=C(C)C=CC=C(C)C=CC1=C(C)C(O)CCC1(C)C. The van der Waals surface area contributed by atoms with Crippen LogP contribution in [0.1, 0.15) is 88.5 Å². The van der Waals surface area contributed by atoms with Crippen LogP contribution in [0.15, 0.2) is 130 Å². The predicted molar refractivity (Wildman–Crippen MR) is 184 cm³/mol. The lowest BCUT2D eigenvalue weighted by atomic mass is 9.71. The maximum atomic E-state index is 12.1. The fourth-order valence-corrected chi connectivity index (χ4v) is 5.46. The molecule has 1 unspecified atom stereocenters. The van der Waals surface area contributed by atoms with Gasteiger partial charge >= 0.3 is 0 Å². The highest BCUT2D eigenvalue weighted by atomic mass is 16.3. The van der Waals surface area contributed by atoms with Crippen LogP contribution in [0.4, 0.5) is 0 Å². The molecule has 0 heterocycles. The minimum absolute atomic E-state index is 0.0918. The van der Waals surface area contributed by atoms with Crippen molar-refractivity contribution in [2.75, 3.05) is 0 Å². The van der Waals surface area contributed by atoms with Crippen molar-refractivity contribution < 1.29 is 14.7 Å². The van der Waals surface area contributed by atoms with Crippen molar-refractivity contribution in [1.82, 2.24) is 0 Å². The van der Waals surface area contributed by atoms with Crippen LogP contribution in [0.25, 0.3) is 0 Å². The standard InChI is InChI=1S/C40H52O3/c1-28(17-13-19-30(3)21-23-34-32(5)36(41)25-26-39(34,7)8)15-11-12-16-29(2)18-14-20-31(4)22-24-35-33(6)38(43)37(42)27-40(35,9)10/h11-24,36,41H,25-27H2,1-10H3. The van der Waals surface area contributed by atoms with Gasteiger partial charge in [0.05, 0.1) is 6.10 Å². The summed E-state index contributed by atoms with van der Waals surface area (Å²) in [6.07, 6.45) is 30.7. The number of ketones is 2. The van der Waals surface area contributed by atoms with Gasteiger partial charge in [-0.05, 0) is 81.9 Å². The second-order valence-corrected chi connectivity index (χ2v) is 13.3. The van der Waals surface area contributed by atoms with Gasteiger partial charge in [0.2, 0.25) is 11.6 Å². The van der Waals surface area contributed by atoms with Crippen LogP contribution in [0, 0.1) is 10.8 Å². The zero-order valence-corrected chi connectivity index (χ0v) is 28.0. The Morgan fingerprint density at radius 2 is 1.12 bits per heavy atom. The summed E-state index contributed by atoms with van der Waals surface area (Å²) in [4.78, 5) is 24.1. The highest BCUT2D eigenvalue weighted by Gasteiger charge is 2.36. The van der Waals surface area contributed by atoms with Crippen LogP contribution in [0.3, 0.4) is 0 Å². The molecular formula is C40H52O3. The van der Waals surface area contributed by atoms with Gasteiger partial charge in [-0.25, -0.2) is 0 Å². The molecule has 0 bridgehead atoms. The molecule has 0 aromatic heterocycles. The van der Waals surface area contributed by atoms with E-state index in [0.29, 0.717) is 5.57 Å². The molecule has 0 aromatic rings. The first-order valence-corrected chi connectivity index (χ1v) is 15.3. The average Bonchev–Trinajstić information content (AvgIpc) is 2.91. The molecular weight excluding hydrogens is 528 g/mol. The quantitative estimate of drug-likeness (QED) is 0.207. The first kappa shape index (κ1) is 35.6. The maximum Gasteiger partial charge on any atom is 0.224 e. The molecule has 2 aliphatic rings. The third kappa shape index (κ3) is 10.9. The van der Waals surface area contributed by atoms with E-state index in [1.165, 1.54) is 5.57 Å². The molecule has 0 saturated carbocycles. The molecule has 1 atom stereocenters. The van der Waals surface area contributed by atoms with E-state index >= 15 is 0 Å². The molecule has 230 valence electrons. The van der Waals surface area contributed by atoms with E-state index in [4.69, 9.17) is 0 Å². The van der Waals surface area contributed by atoms with Crippen molar-refractivity contribution in [3.05, 3.63) is 130 Å². The Labute approximate surface area is 260 Å². The van der Waals surface area contributed by atoms with E-state index in [2.05, 4.69) is 83.2 Å². The van der Waals surface area contributed by atoms with Gasteiger partial charge in [0.15, 0.2) is 0 Å². The van der Waals surface area contributed by atoms with Crippen molar-refractivity contribution in [3.63, 3.8) is 0 Å². The van der Waals surface area contributed by atoms with Gasteiger partial charge in [-0.2, -0.15) is 0 Å². The summed E-state index contributed by atoms with van der Waals surface area (Å²) in [6, 6.07) is 0. The number of carbonyl (C=O) groups is 2. The lowest BCUT2D eigenvalue weighted by Crippen LogP contribution is -2.32. The summed E-state index contributed by atoms with van der Waals surface area (Å²) < 4.78 is 0. The third-order valence-electron chi connectivity index (χ3n) is 8.32. The van der Waals surface area contributed by atoms with Crippen molar-refractivity contribution in [2.45, 2.75) is 94.6 Å². The zero-order valence-electron chi connectivity index (χ0n) is 28.0.